The average molecular weight is 437 g/mol. The summed E-state index contributed by atoms with van der Waals surface area (Å²) in [5.41, 5.74) is 0.653. The van der Waals surface area contributed by atoms with Crippen LogP contribution in [0, 0.1) is 6.92 Å². The van der Waals surface area contributed by atoms with Crippen molar-refractivity contribution in [1.82, 2.24) is 19.7 Å². The standard InChI is InChI=1S/C25H32N4O3/c1-5-24(3,4)26-23(32)21-22(31)20(30)15-28(27-21)16-25(12-8-9-13-25)29-14-17(2)18-10-6-7-11-19(18)29/h6-7,10-11,14-15,30H,5,8-9,12-13,16H2,1-4H3,(H,26,32). The summed E-state index contributed by atoms with van der Waals surface area (Å²) >= 11 is 0. The molecule has 1 amide bonds. The Morgan fingerprint density at radius 3 is 2.59 bits per heavy atom. The van der Waals surface area contributed by atoms with Crippen LogP contribution in [0.5, 0.6) is 5.75 Å². The Hall–Kier alpha value is -3.09. The lowest BCUT2D eigenvalue weighted by atomic mass is 9.96. The van der Waals surface area contributed by atoms with Crippen LogP contribution in [-0.4, -0.2) is 30.9 Å². The van der Waals surface area contributed by atoms with Crippen LogP contribution in [0.1, 0.15) is 68.9 Å². The lowest BCUT2D eigenvalue weighted by Crippen LogP contribution is -2.45. The first-order valence-corrected chi connectivity index (χ1v) is 11.4. The predicted octanol–water partition coefficient (Wildman–Crippen LogP) is 4.10. The predicted molar refractivity (Wildman–Crippen MR) is 125 cm³/mol. The highest BCUT2D eigenvalue weighted by Crippen LogP contribution is 2.41. The molecule has 3 aromatic rings. The average Bonchev–Trinajstić information content (AvgIpc) is 3.36. The number of aromatic hydroxyl groups is 1. The van der Waals surface area contributed by atoms with Crippen LogP contribution >= 0.6 is 0 Å². The van der Waals surface area contributed by atoms with Crippen LogP contribution in [-0.2, 0) is 12.1 Å². The Labute approximate surface area is 188 Å². The lowest BCUT2D eigenvalue weighted by molar-refractivity contribution is 0.0900. The van der Waals surface area contributed by atoms with Crippen molar-refractivity contribution in [3.8, 4) is 5.75 Å². The number of fused-ring (bicyclic) bond motifs is 1. The molecule has 0 bridgehead atoms. The monoisotopic (exact) mass is 436 g/mol. The van der Waals surface area contributed by atoms with Gasteiger partial charge >= 0.3 is 0 Å². The van der Waals surface area contributed by atoms with Crippen molar-refractivity contribution in [2.24, 2.45) is 0 Å². The van der Waals surface area contributed by atoms with Crippen molar-refractivity contribution in [3.63, 3.8) is 0 Å². The SMILES string of the molecule is CCC(C)(C)NC(=O)c1nn(CC2(n3cc(C)c4ccccc43)CCCC2)cc(O)c1=O. The molecule has 4 rings (SSSR count). The number of carbonyl (C=O) groups excluding carboxylic acids is 1. The zero-order valence-electron chi connectivity index (χ0n) is 19.3. The van der Waals surface area contributed by atoms with E-state index in [0.717, 1.165) is 25.7 Å². The van der Waals surface area contributed by atoms with Gasteiger partial charge in [-0.05, 0) is 51.7 Å². The van der Waals surface area contributed by atoms with E-state index in [4.69, 9.17) is 0 Å². The third kappa shape index (κ3) is 3.92. The third-order valence-electron chi connectivity index (χ3n) is 6.91. The van der Waals surface area contributed by atoms with Gasteiger partial charge in [-0.2, -0.15) is 5.10 Å². The molecule has 1 saturated carbocycles. The van der Waals surface area contributed by atoms with Gasteiger partial charge in [0.2, 0.25) is 0 Å². The highest BCUT2D eigenvalue weighted by atomic mass is 16.3. The molecule has 0 unspecified atom stereocenters. The highest BCUT2D eigenvalue weighted by Gasteiger charge is 2.37. The summed E-state index contributed by atoms with van der Waals surface area (Å²) in [6, 6.07) is 8.35. The van der Waals surface area contributed by atoms with Gasteiger partial charge in [-0.3, -0.25) is 14.3 Å². The van der Waals surface area contributed by atoms with Crippen LogP contribution < -0.4 is 10.7 Å². The largest absolute Gasteiger partial charge is 0.503 e. The fourth-order valence-electron chi connectivity index (χ4n) is 4.76. The molecule has 0 radical (unpaired) electrons. The molecule has 0 aliphatic heterocycles. The molecule has 2 N–H and O–H groups in total. The smallest absolute Gasteiger partial charge is 0.276 e. The van der Waals surface area contributed by atoms with E-state index >= 15 is 0 Å². The van der Waals surface area contributed by atoms with Gasteiger partial charge in [0, 0.05) is 22.6 Å². The van der Waals surface area contributed by atoms with Crippen molar-refractivity contribution >= 4 is 16.8 Å². The molecular weight excluding hydrogens is 404 g/mol. The molecule has 0 spiro atoms. The van der Waals surface area contributed by atoms with Crippen LogP contribution in [0.15, 0.2) is 41.5 Å². The summed E-state index contributed by atoms with van der Waals surface area (Å²) in [5.74, 6) is -1.02. The maximum atomic E-state index is 12.8. The van der Waals surface area contributed by atoms with Gasteiger partial charge in [0.25, 0.3) is 11.3 Å². The molecule has 32 heavy (non-hydrogen) atoms. The summed E-state index contributed by atoms with van der Waals surface area (Å²) < 4.78 is 3.90. The van der Waals surface area contributed by atoms with E-state index < -0.39 is 22.6 Å². The molecule has 2 heterocycles. The Balaban J connectivity index is 1.75. The van der Waals surface area contributed by atoms with Gasteiger partial charge in [-0.15, -0.1) is 0 Å². The second kappa shape index (κ2) is 8.11. The topological polar surface area (TPSA) is 89.2 Å². The number of aromatic nitrogens is 3. The first-order chi connectivity index (χ1) is 15.2. The fraction of sp³-hybridized carbons (Fsp3) is 0.480. The molecule has 170 valence electrons. The first-order valence-electron chi connectivity index (χ1n) is 11.4. The molecule has 1 aliphatic rings. The van der Waals surface area contributed by atoms with Gasteiger partial charge in [-0.1, -0.05) is 38.0 Å². The zero-order chi connectivity index (χ0) is 23.1. The maximum absolute atomic E-state index is 12.8. The Morgan fingerprint density at radius 2 is 1.91 bits per heavy atom. The molecule has 0 atom stereocenters. The Morgan fingerprint density at radius 1 is 1.22 bits per heavy atom. The maximum Gasteiger partial charge on any atom is 0.276 e. The van der Waals surface area contributed by atoms with Gasteiger partial charge in [0.05, 0.1) is 18.3 Å². The van der Waals surface area contributed by atoms with E-state index in [1.807, 2.05) is 32.9 Å². The van der Waals surface area contributed by atoms with Crippen molar-refractivity contribution in [3.05, 3.63) is 58.1 Å². The molecule has 1 fully saturated rings. The second-order valence-electron chi connectivity index (χ2n) is 9.71. The minimum absolute atomic E-state index is 0.237. The fourth-order valence-corrected chi connectivity index (χ4v) is 4.76. The normalized spacial score (nSPS) is 15.9. The molecule has 1 aliphatic carbocycles. The minimum atomic E-state index is -0.742. The van der Waals surface area contributed by atoms with Crippen LogP contribution in [0.25, 0.3) is 10.9 Å². The molecule has 0 saturated heterocycles. The zero-order valence-corrected chi connectivity index (χ0v) is 19.3. The molecule has 2 aromatic heterocycles. The summed E-state index contributed by atoms with van der Waals surface area (Å²) in [7, 11) is 0. The third-order valence-corrected chi connectivity index (χ3v) is 6.91. The number of hydrogen-bond donors (Lipinski definition) is 2. The quantitative estimate of drug-likeness (QED) is 0.609. The van der Waals surface area contributed by atoms with Crippen molar-refractivity contribution in [2.75, 3.05) is 0 Å². The number of carbonyl (C=O) groups is 1. The number of nitrogens with one attached hydrogen (secondary N) is 1. The highest BCUT2D eigenvalue weighted by molar-refractivity contribution is 5.92. The number of rotatable bonds is 6. The molecule has 1 aromatic carbocycles. The summed E-state index contributed by atoms with van der Waals surface area (Å²) in [4.78, 5) is 25.3. The number of benzene rings is 1. The molecule has 7 heteroatoms. The van der Waals surface area contributed by atoms with Crippen LogP contribution in [0.4, 0.5) is 0 Å². The van der Waals surface area contributed by atoms with E-state index in [9.17, 15) is 14.7 Å². The number of aryl methyl sites for hydroxylation is 1. The number of nitrogens with zero attached hydrogens (tertiary/aromatic N) is 3. The van der Waals surface area contributed by atoms with Crippen LogP contribution in [0.3, 0.4) is 0 Å². The van der Waals surface area contributed by atoms with Crippen molar-refractivity contribution < 1.29 is 9.90 Å². The van der Waals surface area contributed by atoms with E-state index in [-0.39, 0.29) is 11.2 Å². The van der Waals surface area contributed by atoms with Crippen molar-refractivity contribution in [2.45, 2.75) is 77.4 Å². The second-order valence-corrected chi connectivity index (χ2v) is 9.71. The van der Waals surface area contributed by atoms with E-state index in [2.05, 4.69) is 40.2 Å². The van der Waals surface area contributed by atoms with Gasteiger partial charge < -0.3 is 15.0 Å². The van der Waals surface area contributed by atoms with Gasteiger partial charge in [-0.25, -0.2) is 0 Å². The van der Waals surface area contributed by atoms with E-state index in [0.29, 0.717) is 13.0 Å². The number of para-hydroxylation sites is 1. The first kappa shape index (κ1) is 22.1. The summed E-state index contributed by atoms with van der Waals surface area (Å²) in [6.07, 6.45) is 8.35. The molecule has 7 nitrogen and oxygen atoms in total. The Kier molecular flexibility index (Phi) is 5.61. The van der Waals surface area contributed by atoms with Gasteiger partial charge in [0.15, 0.2) is 11.4 Å². The van der Waals surface area contributed by atoms with Crippen molar-refractivity contribution in [1.29, 1.82) is 0 Å². The summed E-state index contributed by atoms with van der Waals surface area (Å²) in [6.45, 7) is 8.32. The summed E-state index contributed by atoms with van der Waals surface area (Å²) in [5, 5.41) is 18.8. The lowest BCUT2D eigenvalue weighted by Gasteiger charge is -2.33. The van der Waals surface area contributed by atoms with Crippen LogP contribution in [0.2, 0.25) is 0 Å². The van der Waals surface area contributed by atoms with Gasteiger partial charge in [0.1, 0.15) is 0 Å². The Bertz CT molecular complexity index is 1220. The number of hydrogen-bond acceptors (Lipinski definition) is 4. The minimum Gasteiger partial charge on any atom is -0.503 e. The molecular formula is C25H32N4O3. The number of amides is 1. The van der Waals surface area contributed by atoms with E-state index in [1.165, 1.54) is 22.7 Å². The van der Waals surface area contributed by atoms with E-state index in [1.54, 1.807) is 4.68 Å².